The van der Waals surface area contributed by atoms with Crippen molar-refractivity contribution in [1.29, 1.82) is 0 Å². The van der Waals surface area contributed by atoms with Crippen molar-refractivity contribution in [2.45, 2.75) is 19.4 Å². The lowest BCUT2D eigenvalue weighted by Crippen LogP contribution is -2.40. The molecule has 0 fully saturated rings. The quantitative estimate of drug-likeness (QED) is 0.735. The summed E-state index contributed by atoms with van der Waals surface area (Å²) < 4.78 is 0.796. The van der Waals surface area contributed by atoms with E-state index in [4.69, 9.17) is 23.2 Å². The van der Waals surface area contributed by atoms with E-state index in [9.17, 15) is 4.79 Å². The van der Waals surface area contributed by atoms with Gasteiger partial charge < -0.3 is 5.32 Å². The smallest absolute Gasteiger partial charge is 0.263 e. The molecule has 0 saturated carbocycles. The molecule has 2 aromatic rings. The fourth-order valence-electron chi connectivity index (χ4n) is 1.75. The second kappa shape index (κ2) is 6.06. The first kappa shape index (κ1) is 15.8. The fourth-order valence-corrected chi connectivity index (χ4v) is 3.50. The van der Waals surface area contributed by atoms with Gasteiger partial charge in [-0.1, -0.05) is 29.3 Å². The first-order valence-corrected chi connectivity index (χ1v) is 8.25. The van der Waals surface area contributed by atoms with E-state index >= 15 is 0 Å². The zero-order valence-corrected chi connectivity index (χ0v) is 14.8. The highest BCUT2D eigenvalue weighted by atomic mass is 79.9. The van der Waals surface area contributed by atoms with Crippen LogP contribution in [-0.4, -0.2) is 5.91 Å². The molecule has 0 aliphatic heterocycles. The predicted octanol–water partition coefficient (Wildman–Crippen LogP) is 5.48. The number of carbonyl (C=O) groups excluding carboxylic acids is 1. The van der Waals surface area contributed by atoms with E-state index in [0.29, 0.717) is 14.9 Å². The Kier molecular flexibility index (Phi) is 4.80. The lowest BCUT2D eigenvalue weighted by Gasteiger charge is -2.27. The maximum Gasteiger partial charge on any atom is 0.263 e. The lowest BCUT2D eigenvalue weighted by molar-refractivity contribution is 0.0915. The molecule has 2 nitrogen and oxygen atoms in total. The molecular formula is C14H12BrCl2NOS. The van der Waals surface area contributed by atoms with Gasteiger partial charge in [0.2, 0.25) is 0 Å². The number of amides is 1. The van der Waals surface area contributed by atoms with Crippen LogP contribution in [0.4, 0.5) is 0 Å². The van der Waals surface area contributed by atoms with E-state index < -0.39 is 5.54 Å². The monoisotopic (exact) mass is 391 g/mol. The molecule has 0 radical (unpaired) electrons. The third-order valence-electron chi connectivity index (χ3n) is 2.89. The Labute approximate surface area is 140 Å². The van der Waals surface area contributed by atoms with Crippen LogP contribution >= 0.6 is 50.5 Å². The normalized spacial score (nSPS) is 11.4. The number of thiophene rings is 1. The van der Waals surface area contributed by atoms with Gasteiger partial charge in [0.1, 0.15) is 4.88 Å². The predicted molar refractivity (Wildman–Crippen MR) is 89.0 cm³/mol. The van der Waals surface area contributed by atoms with Crippen LogP contribution in [-0.2, 0) is 5.54 Å². The van der Waals surface area contributed by atoms with E-state index in [0.717, 1.165) is 10.0 Å². The second-order valence-electron chi connectivity index (χ2n) is 4.81. The molecule has 20 heavy (non-hydrogen) atoms. The van der Waals surface area contributed by atoms with Crippen molar-refractivity contribution in [1.82, 2.24) is 5.32 Å². The van der Waals surface area contributed by atoms with E-state index in [1.54, 1.807) is 12.1 Å². The second-order valence-corrected chi connectivity index (χ2v) is 7.39. The van der Waals surface area contributed by atoms with Crippen LogP contribution < -0.4 is 5.32 Å². The molecule has 0 aliphatic carbocycles. The summed E-state index contributed by atoms with van der Waals surface area (Å²) in [5.74, 6) is -0.122. The van der Waals surface area contributed by atoms with Crippen molar-refractivity contribution in [3.8, 4) is 0 Å². The molecule has 0 spiro atoms. The van der Waals surface area contributed by atoms with Crippen molar-refractivity contribution >= 4 is 56.4 Å². The highest BCUT2D eigenvalue weighted by molar-refractivity contribution is 9.10. The number of halogens is 3. The first-order chi connectivity index (χ1) is 9.31. The minimum absolute atomic E-state index is 0.122. The van der Waals surface area contributed by atoms with Crippen molar-refractivity contribution < 1.29 is 4.79 Å². The third-order valence-corrected chi connectivity index (χ3v) is 5.47. The summed E-state index contributed by atoms with van der Waals surface area (Å²) in [5.41, 5.74) is 0.349. The molecule has 1 N–H and O–H groups in total. The Morgan fingerprint density at radius 1 is 1.25 bits per heavy atom. The summed E-state index contributed by atoms with van der Waals surface area (Å²) in [6.07, 6.45) is 0. The van der Waals surface area contributed by atoms with Gasteiger partial charge >= 0.3 is 0 Å². The molecule has 2 rings (SSSR count). The van der Waals surface area contributed by atoms with Gasteiger partial charge in [-0.2, -0.15) is 0 Å². The number of hydrogen-bond acceptors (Lipinski definition) is 2. The molecule has 0 unspecified atom stereocenters. The highest BCUT2D eigenvalue weighted by Crippen LogP contribution is 2.29. The number of benzene rings is 1. The van der Waals surface area contributed by atoms with E-state index in [1.165, 1.54) is 11.3 Å². The Morgan fingerprint density at radius 3 is 2.50 bits per heavy atom. The van der Waals surface area contributed by atoms with Crippen molar-refractivity contribution in [2.75, 3.05) is 0 Å². The molecule has 106 valence electrons. The van der Waals surface area contributed by atoms with Gasteiger partial charge in [-0.05, 0) is 58.9 Å². The van der Waals surface area contributed by atoms with Gasteiger partial charge in [0.15, 0.2) is 0 Å². The van der Waals surface area contributed by atoms with Gasteiger partial charge in [0, 0.05) is 4.47 Å². The summed E-state index contributed by atoms with van der Waals surface area (Å²) in [7, 11) is 0. The minimum Gasteiger partial charge on any atom is -0.342 e. The summed E-state index contributed by atoms with van der Waals surface area (Å²) in [6.45, 7) is 3.85. The molecule has 0 bridgehead atoms. The summed E-state index contributed by atoms with van der Waals surface area (Å²) >= 11 is 16.7. The average molecular weight is 393 g/mol. The van der Waals surface area contributed by atoms with E-state index in [-0.39, 0.29) is 5.91 Å². The van der Waals surface area contributed by atoms with Crippen LogP contribution in [0.25, 0.3) is 0 Å². The topological polar surface area (TPSA) is 29.1 Å². The SMILES string of the molecule is CC(C)(NC(=O)c1sccc1Br)c1ccc(Cl)c(Cl)c1. The van der Waals surface area contributed by atoms with Gasteiger partial charge in [0.25, 0.3) is 5.91 Å². The van der Waals surface area contributed by atoms with Crippen LogP contribution in [0.1, 0.15) is 29.1 Å². The Bertz CT molecular complexity index is 654. The Balaban J connectivity index is 2.24. The molecule has 1 aromatic carbocycles. The lowest BCUT2D eigenvalue weighted by atomic mass is 9.94. The van der Waals surface area contributed by atoms with Crippen LogP contribution in [0.3, 0.4) is 0 Å². The zero-order chi connectivity index (χ0) is 14.9. The van der Waals surface area contributed by atoms with Crippen LogP contribution in [0.5, 0.6) is 0 Å². The first-order valence-electron chi connectivity index (χ1n) is 5.82. The number of hydrogen-bond donors (Lipinski definition) is 1. The fraction of sp³-hybridized carbons (Fsp3) is 0.214. The largest absolute Gasteiger partial charge is 0.342 e. The molecule has 0 saturated heterocycles. The van der Waals surface area contributed by atoms with Gasteiger partial charge in [0.05, 0.1) is 15.6 Å². The van der Waals surface area contributed by atoms with Gasteiger partial charge in [-0.3, -0.25) is 4.79 Å². The standard InChI is InChI=1S/C14H12BrCl2NOS/c1-14(2,8-3-4-10(16)11(17)7-8)18-13(19)12-9(15)5-6-20-12/h3-7H,1-2H3,(H,18,19). The highest BCUT2D eigenvalue weighted by Gasteiger charge is 2.25. The minimum atomic E-state index is -0.547. The third kappa shape index (κ3) is 3.37. The van der Waals surface area contributed by atoms with E-state index in [1.807, 2.05) is 31.4 Å². The average Bonchev–Trinajstić information content (AvgIpc) is 2.78. The summed E-state index contributed by atoms with van der Waals surface area (Å²) in [5, 5.41) is 5.84. The molecule has 6 heteroatoms. The maximum atomic E-state index is 12.3. The zero-order valence-electron chi connectivity index (χ0n) is 10.8. The van der Waals surface area contributed by atoms with Crippen LogP contribution in [0.15, 0.2) is 34.1 Å². The Morgan fingerprint density at radius 2 is 1.95 bits per heavy atom. The van der Waals surface area contributed by atoms with Crippen molar-refractivity contribution in [2.24, 2.45) is 0 Å². The number of nitrogens with one attached hydrogen (secondary N) is 1. The maximum absolute atomic E-state index is 12.3. The van der Waals surface area contributed by atoms with Crippen molar-refractivity contribution in [3.05, 3.63) is 54.6 Å². The molecule has 1 aromatic heterocycles. The summed E-state index contributed by atoms with van der Waals surface area (Å²) in [6, 6.07) is 7.21. The van der Waals surface area contributed by atoms with Gasteiger partial charge in [-0.15, -0.1) is 11.3 Å². The van der Waals surface area contributed by atoms with Gasteiger partial charge in [-0.25, -0.2) is 0 Å². The number of carbonyl (C=O) groups is 1. The molecular weight excluding hydrogens is 381 g/mol. The molecule has 0 atom stereocenters. The molecule has 0 aliphatic rings. The van der Waals surface area contributed by atoms with Crippen molar-refractivity contribution in [3.63, 3.8) is 0 Å². The van der Waals surface area contributed by atoms with E-state index in [2.05, 4.69) is 21.2 Å². The van der Waals surface area contributed by atoms with Crippen LogP contribution in [0.2, 0.25) is 10.0 Å². The summed E-state index contributed by atoms with van der Waals surface area (Å²) in [4.78, 5) is 12.9. The number of rotatable bonds is 3. The Hall–Kier alpha value is -0.550. The molecule has 1 heterocycles. The molecule has 1 amide bonds. The van der Waals surface area contributed by atoms with Crippen LogP contribution in [0, 0.1) is 0 Å².